The van der Waals surface area contributed by atoms with E-state index in [0.29, 0.717) is 11.6 Å². The van der Waals surface area contributed by atoms with Crippen LogP contribution in [0.15, 0.2) is 35.3 Å². The van der Waals surface area contributed by atoms with Gasteiger partial charge in [-0.2, -0.15) is 4.98 Å². The van der Waals surface area contributed by atoms with E-state index in [-0.39, 0.29) is 5.69 Å². The minimum absolute atomic E-state index is 0.311. The molecular weight excluding hydrogens is 206 g/mol. The van der Waals surface area contributed by atoms with Gasteiger partial charge in [0.15, 0.2) is 17.3 Å². The number of nitrogens with zero attached hydrogens (tertiary/aromatic N) is 2. The zero-order chi connectivity index (χ0) is 11.1. The number of anilines is 2. The predicted octanol–water partition coefficient (Wildman–Crippen LogP) is 1.63. The Labute approximate surface area is 91.3 Å². The first-order chi connectivity index (χ1) is 7.74. The summed E-state index contributed by atoms with van der Waals surface area (Å²) in [5.74, 6) is 1.75. The molecule has 0 atom stereocenters. The molecule has 2 aromatic rings. The van der Waals surface area contributed by atoms with Crippen LogP contribution in [0.25, 0.3) is 0 Å². The van der Waals surface area contributed by atoms with Crippen molar-refractivity contribution in [3.05, 3.63) is 40.9 Å². The summed E-state index contributed by atoms with van der Waals surface area (Å²) < 4.78 is 7.01. The van der Waals surface area contributed by atoms with E-state index in [2.05, 4.69) is 10.3 Å². The maximum atomic E-state index is 11.4. The van der Waals surface area contributed by atoms with Gasteiger partial charge in [0.2, 0.25) is 0 Å². The average molecular weight is 215 g/mol. The number of aryl methyl sites for hydroxylation is 1. The van der Waals surface area contributed by atoms with E-state index in [1.165, 1.54) is 4.57 Å². The van der Waals surface area contributed by atoms with Gasteiger partial charge in [-0.1, -0.05) is 12.1 Å². The molecule has 0 unspecified atom stereocenters. The molecule has 80 valence electrons. The predicted molar refractivity (Wildman–Crippen MR) is 59.3 cm³/mol. The van der Waals surface area contributed by atoms with E-state index in [9.17, 15) is 4.79 Å². The van der Waals surface area contributed by atoms with Crippen molar-refractivity contribution in [1.82, 2.24) is 9.55 Å². The zero-order valence-electron chi connectivity index (χ0n) is 8.60. The summed E-state index contributed by atoms with van der Waals surface area (Å²) >= 11 is 0. The molecule has 16 heavy (non-hydrogen) atoms. The standard InChI is InChI=1S/C11H9N3O2/c1-14-6-9-10(13-11(14)15)12-7-4-2-3-5-8(7)16-9/h2-6H,1H3,(H,12,13,15). The van der Waals surface area contributed by atoms with E-state index in [4.69, 9.17) is 4.74 Å². The lowest BCUT2D eigenvalue weighted by Gasteiger charge is -2.20. The molecule has 0 spiro atoms. The van der Waals surface area contributed by atoms with Gasteiger partial charge in [-0.25, -0.2) is 4.79 Å². The Morgan fingerprint density at radius 2 is 2.12 bits per heavy atom. The third kappa shape index (κ3) is 1.25. The number of hydrogen-bond acceptors (Lipinski definition) is 4. The fraction of sp³-hybridized carbons (Fsp3) is 0.0909. The summed E-state index contributed by atoms with van der Waals surface area (Å²) in [6.07, 6.45) is 1.62. The van der Waals surface area contributed by atoms with Crippen LogP contribution >= 0.6 is 0 Å². The number of hydrogen-bond donors (Lipinski definition) is 1. The highest BCUT2D eigenvalue weighted by Gasteiger charge is 2.17. The molecule has 0 saturated heterocycles. The molecule has 5 heteroatoms. The molecule has 0 fully saturated rings. The largest absolute Gasteiger partial charge is 0.450 e. The SMILES string of the molecule is Cn1cc2c(nc1=O)Nc1ccccc1O2. The second-order valence-electron chi connectivity index (χ2n) is 3.57. The average Bonchev–Trinajstić information content (AvgIpc) is 2.28. The molecule has 0 saturated carbocycles. The lowest BCUT2D eigenvalue weighted by atomic mass is 10.2. The van der Waals surface area contributed by atoms with Gasteiger partial charge in [-0.3, -0.25) is 4.57 Å². The fourth-order valence-corrected chi connectivity index (χ4v) is 1.59. The van der Waals surface area contributed by atoms with Crippen molar-refractivity contribution >= 4 is 11.5 Å². The van der Waals surface area contributed by atoms with E-state index in [1.807, 2.05) is 24.3 Å². The summed E-state index contributed by atoms with van der Waals surface area (Å²) in [6, 6.07) is 7.51. The molecule has 0 radical (unpaired) electrons. The molecule has 0 aliphatic carbocycles. The van der Waals surface area contributed by atoms with Gasteiger partial charge in [0.25, 0.3) is 0 Å². The molecule has 2 heterocycles. The van der Waals surface area contributed by atoms with Crippen molar-refractivity contribution in [3.63, 3.8) is 0 Å². The molecule has 1 N–H and O–H groups in total. The van der Waals surface area contributed by atoms with Crippen LogP contribution in [0.5, 0.6) is 11.5 Å². The highest BCUT2D eigenvalue weighted by Crippen LogP contribution is 2.39. The lowest BCUT2D eigenvalue weighted by Crippen LogP contribution is -2.22. The molecule has 3 rings (SSSR count). The molecule has 1 aliphatic rings. The Morgan fingerprint density at radius 3 is 3.00 bits per heavy atom. The molecule has 1 aromatic heterocycles. The topological polar surface area (TPSA) is 56.2 Å². The monoisotopic (exact) mass is 215 g/mol. The molecular formula is C11H9N3O2. The quantitative estimate of drug-likeness (QED) is 0.619. The van der Waals surface area contributed by atoms with Crippen molar-refractivity contribution < 1.29 is 4.74 Å². The van der Waals surface area contributed by atoms with Gasteiger partial charge in [-0.15, -0.1) is 0 Å². The number of aromatic nitrogens is 2. The van der Waals surface area contributed by atoms with Crippen LogP contribution in [0.2, 0.25) is 0 Å². The maximum Gasteiger partial charge on any atom is 0.349 e. The van der Waals surface area contributed by atoms with Crippen LogP contribution in [-0.2, 0) is 7.05 Å². The molecule has 1 aliphatic heterocycles. The highest BCUT2D eigenvalue weighted by molar-refractivity contribution is 5.72. The van der Waals surface area contributed by atoms with Gasteiger partial charge >= 0.3 is 5.69 Å². The van der Waals surface area contributed by atoms with Crippen molar-refractivity contribution in [1.29, 1.82) is 0 Å². The normalized spacial score (nSPS) is 12.1. The minimum Gasteiger partial charge on any atom is -0.450 e. The van der Waals surface area contributed by atoms with Crippen molar-refractivity contribution in [2.75, 3.05) is 5.32 Å². The third-order valence-electron chi connectivity index (χ3n) is 2.41. The van der Waals surface area contributed by atoms with Gasteiger partial charge in [0, 0.05) is 7.05 Å². The van der Waals surface area contributed by atoms with Crippen LogP contribution in [-0.4, -0.2) is 9.55 Å². The lowest BCUT2D eigenvalue weighted by molar-refractivity contribution is 0.470. The Kier molecular flexibility index (Phi) is 1.73. The number of para-hydroxylation sites is 2. The maximum absolute atomic E-state index is 11.4. The van der Waals surface area contributed by atoms with Gasteiger partial charge in [0.1, 0.15) is 0 Å². The van der Waals surface area contributed by atoms with Crippen molar-refractivity contribution in [2.45, 2.75) is 0 Å². The number of nitrogens with one attached hydrogen (secondary N) is 1. The van der Waals surface area contributed by atoms with Gasteiger partial charge < -0.3 is 10.1 Å². The van der Waals surface area contributed by atoms with E-state index in [1.54, 1.807) is 13.2 Å². The summed E-state index contributed by atoms with van der Waals surface area (Å²) in [5.41, 5.74) is 0.505. The third-order valence-corrected chi connectivity index (χ3v) is 2.41. The highest BCUT2D eigenvalue weighted by atomic mass is 16.5. The van der Waals surface area contributed by atoms with Crippen LogP contribution in [0.4, 0.5) is 11.5 Å². The van der Waals surface area contributed by atoms with Crippen molar-refractivity contribution in [3.8, 4) is 11.5 Å². The first-order valence-electron chi connectivity index (χ1n) is 4.85. The number of rotatable bonds is 0. The molecule has 0 amide bonds. The van der Waals surface area contributed by atoms with Gasteiger partial charge in [0.05, 0.1) is 11.9 Å². The Hall–Kier alpha value is -2.30. The summed E-state index contributed by atoms with van der Waals surface area (Å²) in [6.45, 7) is 0. The van der Waals surface area contributed by atoms with Gasteiger partial charge in [-0.05, 0) is 12.1 Å². The van der Waals surface area contributed by atoms with Crippen LogP contribution in [0.3, 0.4) is 0 Å². The molecule has 5 nitrogen and oxygen atoms in total. The molecule has 0 bridgehead atoms. The van der Waals surface area contributed by atoms with Crippen LogP contribution in [0, 0.1) is 0 Å². The fourth-order valence-electron chi connectivity index (χ4n) is 1.59. The Bertz CT molecular complexity index is 619. The van der Waals surface area contributed by atoms with Crippen molar-refractivity contribution in [2.24, 2.45) is 7.05 Å². The minimum atomic E-state index is -0.311. The summed E-state index contributed by atoms with van der Waals surface area (Å²) in [7, 11) is 1.64. The molecule has 1 aromatic carbocycles. The number of fused-ring (bicyclic) bond motifs is 2. The zero-order valence-corrected chi connectivity index (χ0v) is 8.60. The van der Waals surface area contributed by atoms with E-state index in [0.717, 1.165) is 11.4 Å². The van der Waals surface area contributed by atoms with E-state index >= 15 is 0 Å². The summed E-state index contributed by atoms with van der Waals surface area (Å²) in [5, 5.41) is 3.06. The second-order valence-corrected chi connectivity index (χ2v) is 3.57. The number of ether oxygens (including phenoxy) is 1. The smallest absolute Gasteiger partial charge is 0.349 e. The van der Waals surface area contributed by atoms with Crippen LogP contribution in [0.1, 0.15) is 0 Å². The second kappa shape index (κ2) is 3.10. The summed E-state index contributed by atoms with van der Waals surface area (Å²) in [4.78, 5) is 15.2. The Morgan fingerprint density at radius 1 is 1.31 bits per heavy atom. The number of benzene rings is 1. The van der Waals surface area contributed by atoms with Crippen LogP contribution < -0.4 is 15.7 Å². The first kappa shape index (κ1) is 8.96. The first-order valence-corrected chi connectivity index (χ1v) is 4.85. The van der Waals surface area contributed by atoms with E-state index < -0.39 is 0 Å². The Balaban J connectivity index is 2.16.